The molecule has 3 nitrogen and oxygen atoms in total. The van der Waals surface area contributed by atoms with Crippen LogP contribution < -0.4 is 10.1 Å². The van der Waals surface area contributed by atoms with E-state index in [1.807, 2.05) is 30.3 Å². The smallest absolute Gasteiger partial charge is 0.119 e. The Morgan fingerprint density at radius 1 is 1.14 bits per heavy atom. The van der Waals surface area contributed by atoms with Gasteiger partial charge in [-0.3, -0.25) is 0 Å². The van der Waals surface area contributed by atoms with E-state index >= 15 is 0 Å². The molecular weight excluding hydrogens is 260 g/mol. The molecule has 1 unspecified atom stereocenters. The molecule has 2 rings (SSSR count). The summed E-state index contributed by atoms with van der Waals surface area (Å²) in [4.78, 5) is 0. The summed E-state index contributed by atoms with van der Waals surface area (Å²) in [7, 11) is 0. The van der Waals surface area contributed by atoms with Crippen molar-refractivity contribution in [3.8, 4) is 5.75 Å². The fourth-order valence-corrected chi connectivity index (χ4v) is 2.50. The number of aromatic nitrogens is 1. The van der Waals surface area contributed by atoms with E-state index in [0.29, 0.717) is 6.04 Å². The predicted molar refractivity (Wildman–Crippen MR) is 87.7 cm³/mol. The fourth-order valence-electron chi connectivity index (χ4n) is 2.50. The number of aryl methyl sites for hydroxylation is 1. The van der Waals surface area contributed by atoms with Crippen molar-refractivity contribution < 1.29 is 4.74 Å². The van der Waals surface area contributed by atoms with Gasteiger partial charge in [-0.15, -0.1) is 0 Å². The average Bonchev–Trinajstić information content (AvgIpc) is 2.99. The van der Waals surface area contributed by atoms with Crippen molar-refractivity contribution in [2.75, 3.05) is 13.2 Å². The van der Waals surface area contributed by atoms with Gasteiger partial charge in [0.15, 0.2) is 0 Å². The molecule has 0 aliphatic rings. The molecule has 1 atom stereocenters. The summed E-state index contributed by atoms with van der Waals surface area (Å²) in [5.74, 6) is 0.948. The van der Waals surface area contributed by atoms with Gasteiger partial charge in [0.05, 0.1) is 6.61 Å². The molecule has 0 aliphatic carbocycles. The molecule has 0 saturated heterocycles. The van der Waals surface area contributed by atoms with Crippen LogP contribution in [-0.4, -0.2) is 17.7 Å². The summed E-state index contributed by atoms with van der Waals surface area (Å²) in [6.45, 7) is 7.13. The molecule has 0 aliphatic heterocycles. The second-order valence-electron chi connectivity index (χ2n) is 5.22. The van der Waals surface area contributed by atoms with E-state index < -0.39 is 0 Å². The largest absolute Gasteiger partial charge is 0.494 e. The van der Waals surface area contributed by atoms with Crippen molar-refractivity contribution in [2.24, 2.45) is 0 Å². The monoisotopic (exact) mass is 286 g/mol. The van der Waals surface area contributed by atoms with E-state index in [4.69, 9.17) is 4.74 Å². The van der Waals surface area contributed by atoms with Crippen molar-refractivity contribution in [3.05, 3.63) is 54.4 Å². The minimum absolute atomic E-state index is 0.469. The lowest BCUT2D eigenvalue weighted by Crippen LogP contribution is -2.19. The highest BCUT2D eigenvalue weighted by Crippen LogP contribution is 2.17. The van der Waals surface area contributed by atoms with Gasteiger partial charge < -0.3 is 14.6 Å². The third-order valence-corrected chi connectivity index (χ3v) is 3.61. The van der Waals surface area contributed by atoms with E-state index in [1.165, 1.54) is 5.56 Å². The number of ether oxygens (including phenoxy) is 1. The Labute approximate surface area is 127 Å². The number of nitrogens with zero attached hydrogens (tertiary/aromatic N) is 1. The molecule has 2 aromatic rings. The first-order chi connectivity index (χ1) is 10.3. The van der Waals surface area contributed by atoms with Crippen LogP contribution in [0.5, 0.6) is 5.75 Å². The van der Waals surface area contributed by atoms with E-state index in [2.05, 4.69) is 42.2 Å². The third kappa shape index (κ3) is 4.94. The quantitative estimate of drug-likeness (QED) is 0.705. The number of benzene rings is 1. The molecule has 0 radical (unpaired) electrons. The molecule has 0 spiro atoms. The normalized spacial score (nSPS) is 12.3. The number of rotatable bonds is 9. The second-order valence-corrected chi connectivity index (χ2v) is 5.22. The number of hydrogen-bond donors (Lipinski definition) is 1. The summed E-state index contributed by atoms with van der Waals surface area (Å²) in [5, 5.41) is 3.51. The molecular formula is C18H26N2O. The molecule has 3 heteroatoms. The van der Waals surface area contributed by atoms with Gasteiger partial charge in [0.2, 0.25) is 0 Å². The van der Waals surface area contributed by atoms with Crippen LogP contribution in [0, 0.1) is 0 Å². The lowest BCUT2D eigenvalue weighted by Gasteiger charge is -2.14. The number of hydrogen-bond acceptors (Lipinski definition) is 2. The van der Waals surface area contributed by atoms with Crippen LogP contribution in [0.25, 0.3) is 0 Å². The van der Waals surface area contributed by atoms with Gasteiger partial charge in [-0.25, -0.2) is 0 Å². The van der Waals surface area contributed by atoms with Crippen LogP contribution in [0.4, 0.5) is 0 Å². The highest BCUT2D eigenvalue weighted by Gasteiger charge is 2.08. The Balaban J connectivity index is 1.75. The topological polar surface area (TPSA) is 26.2 Å². The first-order valence-corrected chi connectivity index (χ1v) is 7.90. The minimum atomic E-state index is 0.469. The standard InChI is InChI=1S/C18H26N2O/c1-3-18(19-4-2)16-11-13-20(15-16)12-8-14-21-17-9-6-5-7-10-17/h5-7,9-11,13,15,18-19H,3-4,8,12,14H2,1-2H3. The van der Waals surface area contributed by atoms with Crippen molar-refractivity contribution in [1.82, 2.24) is 9.88 Å². The zero-order valence-corrected chi connectivity index (χ0v) is 13.1. The molecule has 1 heterocycles. The summed E-state index contributed by atoms with van der Waals surface area (Å²) in [5.41, 5.74) is 1.38. The van der Waals surface area contributed by atoms with Gasteiger partial charge in [-0.2, -0.15) is 0 Å². The third-order valence-electron chi connectivity index (χ3n) is 3.61. The van der Waals surface area contributed by atoms with Gasteiger partial charge in [0.25, 0.3) is 0 Å². The second kappa shape index (κ2) is 8.53. The highest BCUT2D eigenvalue weighted by molar-refractivity contribution is 5.20. The van der Waals surface area contributed by atoms with Crippen LogP contribution in [0.1, 0.15) is 38.3 Å². The van der Waals surface area contributed by atoms with Crippen LogP contribution in [0.15, 0.2) is 48.8 Å². The lowest BCUT2D eigenvalue weighted by molar-refractivity contribution is 0.302. The van der Waals surface area contributed by atoms with Gasteiger partial charge in [-0.1, -0.05) is 32.0 Å². The summed E-state index contributed by atoms with van der Waals surface area (Å²) in [6, 6.07) is 12.7. The Hall–Kier alpha value is -1.74. The first kappa shape index (κ1) is 15.6. The number of para-hydroxylation sites is 1. The maximum atomic E-state index is 5.72. The fraction of sp³-hybridized carbons (Fsp3) is 0.444. The molecule has 114 valence electrons. The summed E-state index contributed by atoms with van der Waals surface area (Å²) in [6.07, 6.45) is 6.55. The zero-order chi connectivity index (χ0) is 14.9. The van der Waals surface area contributed by atoms with Crippen LogP contribution >= 0.6 is 0 Å². The minimum Gasteiger partial charge on any atom is -0.494 e. The van der Waals surface area contributed by atoms with Crippen LogP contribution in [-0.2, 0) is 6.54 Å². The van der Waals surface area contributed by atoms with E-state index in [9.17, 15) is 0 Å². The molecule has 0 saturated carbocycles. The van der Waals surface area contributed by atoms with E-state index in [0.717, 1.165) is 38.3 Å². The first-order valence-electron chi connectivity index (χ1n) is 7.90. The molecule has 21 heavy (non-hydrogen) atoms. The van der Waals surface area contributed by atoms with E-state index in [-0.39, 0.29) is 0 Å². The van der Waals surface area contributed by atoms with Gasteiger partial charge in [0, 0.05) is 25.0 Å². The summed E-state index contributed by atoms with van der Waals surface area (Å²) >= 11 is 0. The van der Waals surface area contributed by atoms with Crippen molar-refractivity contribution in [1.29, 1.82) is 0 Å². The van der Waals surface area contributed by atoms with Gasteiger partial charge in [0.1, 0.15) is 5.75 Å². The van der Waals surface area contributed by atoms with Crippen LogP contribution in [0.2, 0.25) is 0 Å². The predicted octanol–water partition coefficient (Wildman–Crippen LogP) is 4.02. The molecule has 0 bridgehead atoms. The molecule has 0 amide bonds. The SMILES string of the molecule is CCNC(CC)c1ccn(CCCOc2ccccc2)c1. The molecule has 0 fully saturated rings. The Morgan fingerprint density at radius 3 is 2.67 bits per heavy atom. The summed E-state index contributed by atoms with van der Waals surface area (Å²) < 4.78 is 7.97. The maximum absolute atomic E-state index is 5.72. The van der Waals surface area contributed by atoms with Gasteiger partial charge in [-0.05, 0) is 43.1 Å². The molecule has 1 aromatic heterocycles. The Kier molecular flexibility index (Phi) is 6.35. The molecule has 1 N–H and O–H groups in total. The van der Waals surface area contributed by atoms with Crippen LogP contribution in [0.3, 0.4) is 0 Å². The van der Waals surface area contributed by atoms with E-state index in [1.54, 1.807) is 0 Å². The van der Waals surface area contributed by atoms with Crippen molar-refractivity contribution >= 4 is 0 Å². The van der Waals surface area contributed by atoms with Crippen molar-refractivity contribution in [3.63, 3.8) is 0 Å². The number of nitrogens with one attached hydrogen (secondary N) is 1. The maximum Gasteiger partial charge on any atom is 0.119 e. The van der Waals surface area contributed by atoms with Crippen molar-refractivity contribution in [2.45, 2.75) is 39.3 Å². The average molecular weight is 286 g/mol. The molecule has 1 aromatic carbocycles. The lowest BCUT2D eigenvalue weighted by atomic mass is 10.1. The highest BCUT2D eigenvalue weighted by atomic mass is 16.5. The van der Waals surface area contributed by atoms with Gasteiger partial charge >= 0.3 is 0 Å². The zero-order valence-electron chi connectivity index (χ0n) is 13.1. The Morgan fingerprint density at radius 2 is 1.95 bits per heavy atom. The Bertz CT molecular complexity index is 507.